The van der Waals surface area contributed by atoms with E-state index >= 15 is 0 Å². The standard InChI is InChI=1S/C11H17N2O4S2/c1-4-11(13-19(3,16)17)9-6-5-7-10(8-9)12-18(2,14)15/h5-8,11-13H,1,4H2,2-3H3. The highest BCUT2D eigenvalue weighted by Gasteiger charge is 2.14. The fourth-order valence-electron chi connectivity index (χ4n) is 1.59. The zero-order valence-electron chi connectivity index (χ0n) is 10.8. The molecule has 0 fully saturated rings. The molecule has 0 heterocycles. The van der Waals surface area contributed by atoms with E-state index in [-0.39, 0.29) is 0 Å². The van der Waals surface area contributed by atoms with E-state index in [1.54, 1.807) is 24.3 Å². The maximum absolute atomic E-state index is 11.2. The molecule has 1 atom stereocenters. The summed E-state index contributed by atoms with van der Waals surface area (Å²) in [5.74, 6) is 0. The third-order valence-electron chi connectivity index (χ3n) is 2.24. The topological polar surface area (TPSA) is 92.3 Å². The Labute approximate surface area is 114 Å². The Hall–Kier alpha value is -1.12. The van der Waals surface area contributed by atoms with Gasteiger partial charge in [-0.3, -0.25) is 4.72 Å². The van der Waals surface area contributed by atoms with Crippen molar-refractivity contribution in [1.29, 1.82) is 0 Å². The van der Waals surface area contributed by atoms with Gasteiger partial charge in [0.05, 0.1) is 12.5 Å². The van der Waals surface area contributed by atoms with Crippen LogP contribution in [0.1, 0.15) is 18.0 Å². The highest BCUT2D eigenvalue weighted by molar-refractivity contribution is 7.92. The zero-order valence-corrected chi connectivity index (χ0v) is 12.4. The predicted octanol–water partition coefficient (Wildman–Crippen LogP) is 0.873. The Bertz CT molecular complexity index is 638. The second kappa shape index (κ2) is 5.89. The second-order valence-electron chi connectivity index (χ2n) is 4.23. The fraction of sp³-hybridized carbons (Fsp3) is 0.364. The lowest BCUT2D eigenvalue weighted by Crippen LogP contribution is -2.27. The largest absolute Gasteiger partial charge is 0.284 e. The Morgan fingerprint density at radius 1 is 1.16 bits per heavy atom. The molecule has 1 rings (SSSR count). The number of benzene rings is 1. The van der Waals surface area contributed by atoms with Crippen LogP contribution in [0.5, 0.6) is 0 Å². The number of anilines is 1. The number of hydrogen-bond acceptors (Lipinski definition) is 4. The molecule has 1 unspecified atom stereocenters. The molecule has 0 aliphatic rings. The van der Waals surface area contributed by atoms with Crippen LogP contribution in [0.25, 0.3) is 0 Å². The van der Waals surface area contributed by atoms with E-state index in [2.05, 4.69) is 16.4 Å². The van der Waals surface area contributed by atoms with Gasteiger partial charge in [0.1, 0.15) is 0 Å². The summed E-state index contributed by atoms with van der Waals surface area (Å²) >= 11 is 0. The first-order chi connectivity index (χ1) is 8.61. The number of hydrogen-bond donors (Lipinski definition) is 2. The smallest absolute Gasteiger partial charge is 0.229 e. The maximum Gasteiger partial charge on any atom is 0.229 e. The van der Waals surface area contributed by atoms with E-state index < -0.39 is 26.1 Å². The van der Waals surface area contributed by atoms with Crippen LogP contribution in [0.15, 0.2) is 24.3 Å². The van der Waals surface area contributed by atoms with Gasteiger partial charge in [-0.2, -0.15) is 0 Å². The van der Waals surface area contributed by atoms with Crippen LogP contribution in [-0.4, -0.2) is 29.3 Å². The van der Waals surface area contributed by atoms with Gasteiger partial charge in [-0.15, -0.1) is 0 Å². The van der Waals surface area contributed by atoms with Gasteiger partial charge in [0.2, 0.25) is 20.0 Å². The summed E-state index contributed by atoms with van der Waals surface area (Å²) in [7, 11) is -6.73. The van der Waals surface area contributed by atoms with Crippen LogP contribution in [0.4, 0.5) is 5.69 Å². The number of nitrogens with one attached hydrogen (secondary N) is 2. The van der Waals surface area contributed by atoms with Crippen molar-refractivity contribution in [3.8, 4) is 0 Å². The Balaban J connectivity index is 3.03. The molecule has 0 aliphatic carbocycles. The molecule has 0 aromatic heterocycles. The van der Waals surface area contributed by atoms with Crippen molar-refractivity contribution in [3.63, 3.8) is 0 Å². The van der Waals surface area contributed by atoms with Gasteiger partial charge >= 0.3 is 0 Å². The van der Waals surface area contributed by atoms with E-state index in [0.29, 0.717) is 17.7 Å². The molecular formula is C11H17N2O4S2. The van der Waals surface area contributed by atoms with Crippen molar-refractivity contribution >= 4 is 25.7 Å². The van der Waals surface area contributed by atoms with Crippen LogP contribution < -0.4 is 9.44 Å². The predicted molar refractivity (Wildman–Crippen MR) is 75.6 cm³/mol. The average molecular weight is 305 g/mol. The molecule has 19 heavy (non-hydrogen) atoms. The highest BCUT2D eigenvalue weighted by Crippen LogP contribution is 2.21. The molecule has 1 aromatic rings. The Kier molecular flexibility index (Phi) is 4.94. The van der Waals surface area contributed by atoms with Crippen molar-refractivity contribution in [2.45, 2.75) is 12.5 Å². The Morgan fingerprint density at radius 2 is 1.79 bits per heavy atom. The minimum atomic E-state index is -3.37. The lowest BCUT2D eigenvalue weighted by Gasteiger charge is -2.17. The van der Waals surface area contributed by atoms with E-state index in [9.17, 15) is 16.8 Å². The third kappa shape index (κ3) is 6.04. The van der Waals surface area contributed by atoms with Crippen molar-refractivity contribution < 1.29 is 16.8 Å². The normalized spacial score (nSPS) is 14.1. The molecule has 0 saturated carbocycles. The van der Waals surface area contributed by atoms with Crippen molar-refractivity contribution in [1.82, 2.24) is 4.72 Å². The average Bonchev–Trinajstić information content (AvgIpc) is 2.22. The molecule has 1 aromatic carbocycles. The summed E-state index contributed by atoms with van der Waals surface area (Å²) < 4.78 is 49.5. The summed E-state index contributed by atoms with van der Waals surface area (Å²) in [5.41, 5.74) is 1.03. The Morgan fingerprint density at radius 3 is 2.26 bits per heavy atom. The van der Waals surface area contributed by atoms with Gasteiger partial charge in [0, 0.05) is 11.7 Å². The van der Waals surface area contributed by atoms with Gasteiger partial charge in [0.25, 0.3) is 0 Å². The second-order valence-corrected chi connectivity index (χ2v) is 7.76. The van der Waals surface area contributed by atoms with Crippen LogP contribution in [0, 0.1) is 6.92 Å². The van der Waals surface area contributed by atoms with E-state index in [4.69, 9.17) is 0 Å². The van der Waals surface area contributed by atoms with E-state index in [1.165, 1.54) is 0 Å². The van der Waals surface area contributed by atoms with Gasteiger partial charge in [-0.1, -0.05) is 19.1 Å². The third-order valence-corrected chi connectivity index (χ3v) is 3.56. The molecule has 0 aliphatic heterocycles. The van der Waals surface area contributed by atoms with Crippen LogP contribution in [0.3, 0.4) is 0 Å². The molecule has 2 N–H and O–H groups in total. The molecule has 8 heteroatoms. The molecule has 0 spiro atoms. The quantitative estimate of drug-likeness (QED) is 0.816. The minimum Gasteiger partial charge on any atom is -0.284 e. The van der Waals surface area contributed by atoms with E-state index in [0.717, 1.165) is 12.5 Å². The van der Waals surface area contributed by atoms with Crippen molar-refractivity contribution in [2.24, 2.45) is 0 Å². The van der Waals surface area contributed by atoms with E-state index in [1.807, 2.05) is 0 Å². The van der Waals surface area contributed by atoms with Crippen molar-refractivity contribution in [3.05, 3.63) is 36.8 Å². The molecular weight excluding hydrogens is 288 g/mol. The summed E-state index contributed by atoms with van der Waals surface area (Å²) in [6.45, 7) is 3.69. The first-order valence-electron chi connectivity index (χ1n) is 5.45. The molecule has 6 nitrogen and oxygen atoms in total. The van der Waals surface area contributed by atoms with Crippen LogP contribution in [0.2, 0.25) is 0 Å². The van der Waals surface area contributed by atoms with Gasteiger partial charge in [-0.05, 0) is 24.1 Å². The summed E-state index contributed by atoms with van der Waals surface area (Å²) in [6, 6.07) is 6.04. The van der Waals surface area contributed by atoms with Gasteiger partial charge in [0.15, 0.2) is 0 Å². The summed E-state index contributed by atoms with van der Waals surface area (Å²) in [6.07, 6.45) is 2.43. The van der Waals surface area contributed by atoms with Gasteiger partial charge < -0.3 is 0 Å². The molecule has 0 bridgehead atoms. The number of rotatable bonds is 6. The van der Waals surface area contributed by atoms with Crippen molar-refractivity contribution in [2.75, 3.05) is 17.2 Å². The first-order valence-corrected chi connectivity index (χ1v) is 9.23. The monoisotopic (exact) mass is 305 g/mol. The van der Waals surface area contributed by atoms with Crippen LogP contribution in [-0.2, 0) is 20.0 Å². The highest BCUT2D eigenvalue weighted by atomic mass is 32.2. The minimum absolute atomic E-state index is 0.315. The zero-order chi connectivity index (χ0) is 14.7. The summed E-state index contributed by atoms with van der Waals surface area (Å²) in [5, 5.41) is 0. The van der Waals surface area contributed by atoms with Gasteiger partial charge in [-0.25, -0.2) is 21.6 Å². The molecule has 0 saturated heterocycles. The number of sulfonamides is 2. The maximum atomic E-state index is 11.2. The van der Waals surface area contributed by atoms with Crippen LogP contribution >= 0.6 is 0 Å². The summed E-state index contributed by atoms with van der Waals surface area (Å²) in [4.78, 5) is 0. The molecule has 0 amide bonds. The first kappa shape index (κ1) is 15.9. The lowest BCUT2D eigenvalue weighted by atomic mass is 10.1. The molecule has 107 valence electrons. The fourth-order valence-corrected chi connectivity index (χ4v) is 2.91. The SMILES string of the molecule is [CH2]CC(NS(C)(=O)=O)c1cccc(NS(C)(=O)=O)c1. The lowest BCUT2D eigenvalue weighted by molar-refractivity contribution is 0.563. The molecule has 1 radical (unpaired) electrons.